The predicted octanol–water partition coefficient (Wildman–Crippen LogP) is 1.50. The van der Waals surface area contributed by atoms with Gasteiger partial charge in [0.15, 0.2) is 5.90 Å². The Morgan fingerprint density at radius 3 is 2.67 bits per heavy atom. The molecule has 1 aliphatic rings. The highest BCUT2D eigenvalue weighted by Gasteiger charge is 2.21. The molecule has 1 rings (SSSR count). The lowest BCUT2D eigenvalue weighted by Gasteiger charge is -2.28. The van der Waals surface area contributed by atoms with Gasteiger partial charge in [-0.2, -0.15) is 0 Å². The maximum Gasteiger partial charge on any atom is 0.183 e. The number of nitrogens with one attached hydrogen (secondary N) is 1. The van der Waals surface area contributed by atoms with Crippen molar-refractivity contribution in [2.45, 2.75) is 19.8 Å². The van der Waals surface area contributed by atoms with E-state index in [9.17, 15) is 0 Å². The van der Waals surface area contributed by atoms with Crippen molar-refractivity contribution >= 4 is 15.3 Å². The highest BCUT2D eigenvalue weighted by Crippen LogP contribution is 2.20. The average molecular weight is 188 g/mol. The largest absolute Gasteiger partial charge is 0.481 e. The van der Waals surface area contributed by atoms with Crippen LogP contribution in [0.1, 0.15) is 19.8 Å². The second-order valence-corrected chi connectivity index (χ2v) is 3.84. The van der Waals surface area contributed by atoms with Gasteiger partial charge >= 0.3 is 0 Å². The molecule has 0 aromatic heterocycles. The number of piperidine rings is 1. The second kappa shape index (κ2) is 4.78. The van der Waals surface area contributed by atoms with E-state index in [0.717, 1.165) is 25.9 Å². The van der Waals surface area contributed by atoms with E-state index in [-0.39, 0.29) is 0 Å². The minimum Gasteiger partial charge on any atom is -0.481 e. The number of hydrogen-bond donors (Lipinski definition) is 1. The van der Waals surface area contributed by atoms with Crippen molar-refractivity contribution in [2.75, 3.05) is 19.7 Å². The van der Waals surface area contributed by atoms with Crippen LogP contribution in [0.25, 0.3) is 0 Å². The lowest BCUT2D eigenvalue weighted by atomic mass is 9.98. The number of hydrogen-bond acceptors (Lipinski definition) is 3. The Kier molecular flexibility index (Phi) is 3.96. The van der Waals surface area contributed by atoms with E-state index >= 15 is 0 Å². The van der Waals surface area contributed by atoms with Crippen LogP contribution in [0.4, 0.5) is 0 Å². The van der Waals surface area contributed by atoms with Crippen LogP contribution < -0.4 is 0 Å². The highest BCUT2D eigenvalue weighted by atomic mass is 31.0. The summed E-state index contributed by atoms with van der Waals surface area (Å²) in [4.78, 5) is 0. The Morgan fingerprint density at radius 2 is 2.17 bits per heavy atom. The van der Waals surface area contributed by atoms with E-state index in [2.05, 4.69) is 14.1 Å². The van der Waals surface area contributed by atoms with Gasteiger partial charge in [0.25, 0.3) is 0 Å². The van der Waals surface area contributed by atoms with E-state index in [1.807, 2.05) is 6.92 Å². The van der Waals surface area contributed by atoms with Crippen molar-refractivity contribution in [2.24, 2.45) is 5.92 Å². The zero-order valence-electron chi connectivity index (χ0n) is 7.55. The molecule has 70 valence electrons. The minimum atomic E-state index is 0.363. The molecule has 1 unspecified atom stereocenters. The SMILES string of the molecule is CCOC(=N)C1CCN(P)CC1. The van der Waals surface area contributed by atoms with E-state index < -0.39 is 0 Å². The summed E-state index contributed by atoms with van der Waals surface area (Å²) in [5.41, 5.74) is 0. The van der Waals surface area contributed by atoms with Gasteiger partial charge in [-0.3, -0.25) is 10.1 Å². The smallest absolute Gasteiger partial charge is 0.183 e. The molecule has 0 aliphatic carbocycles. The standard InChI is InChI=1S/C8H17N2OP/c1-2-11-8(9)7-3-5-10(12)6-4-7/h7,9H,2-6,12H2,1H3. The van der Waals surface area contributed by atoms with Crippen LogP contribution >= 0.6 is 9.39 Å². The summed E-state index contributed by atoms with van der Waals surface area (Å²) in [7, 11) is 2.70. The third-order valence-corrected chi connectivity index (χ3v) is 2.72. The van der Waals surface area contributed by atoms with Crippen molar-refractivity contribution in [3.05, 3.63) is 0 Å². The van der Waals surface area contributed by atoms with Gasteiger partial charge in [-0.05, 0) is 19.8 Å². The Hall–Kier alpha value is -0.140. The lowest BCUT2D eigenvalue weighted by molar-refractivity contribution is 0.258. The van der Waals surface area contributed by atoms with Gasteiger partial charge in [-0.15, -0.1) is 0 Å². The molecule has 0 aromatic carbocycles. The molecular formula is C8H17N2OP. The summed E-state index contributed by atoms with van der Waals surface area (Å²) < 4.78 is 7.39. The van der Waals surface area contributed by atoms with Gasteiger partial charge in [0.05, 0.1) is 6.61 Å². The van der Waals surface area contributed by atoms with Crippen LogP contribution in [-0.2, 0) is 4.74 Å². The van der Waals surface area contributed by atoms with Crippen molar-refractivity contribution in [3.63, 3.8) is 0 Å². The Bertz CT molecular complexity index is 155. The number of nitrogens with zero attached hydrogens (tertiary/aromatic N) is 1. The molecule has 1 fully saturated rings. The number of rotatable bonds is 2. The molecule has 0 amide bonds. The Labute approximate surface area is 76.2 Å². The first-order valence-electron chi connectivity index (χ1n) is 4.45. The van der Waals surface area contributed by atoms with E-state index in [4.69, 9.17) is 10.1 Å². The number of ether oxygens (including phenoxy) is 1. The molecule has 4 heteroatoms. The summed E-state index contributed by atoms with van der Waals surface area (Å²) >= 11 is 0. The zero-order valence-corrected chi connectivity index (χ0v) is 8.70. The maximum atomic E-state index is 7.60. The van der Waals surface area contributed by atoms with Crippen LogP contribution in [0.15, 0.2) is 0 Å². The van der Waals surface area contributed by atoms with Crippen LogP contribution in [0, 0.1) is 11.3 Å². The van der Waals surface area contributed by atoms with Gasteiger partial charge < -0.3 is 4.74 Å². The van der Waals surface area contributed by atoms with Crippen LogP contribution in [0.5, 0.6) is 0 Å². The van der Waals surface area contributed by atoms with Crippen LogP contribution in [0.3, 0.4) is 0 Å². The third-order valence-electron chi connectivity index (χ3n) is 2.20. The predicted molar refractivity (Wildman–Crippen MR) is 53.4 cm³/mol. The van der Waals surface area contributed by atoms with Crippen molar-refractivity contribution in [3.8, 4) is 0 Å². The van der Waals surface area contributed by atoms with Crippen molar-refractivity contribution < 1.29 is 4.74 Å². The molecule has 1 N–H and O–H groups in total. The van der Waals surface area contributed by atoms with Gasteiger partial charge in [0, 0.05) is 19.0 Å². The van der Waals surface area contributed by atoms with Gasteiger partial charge in [0.1, 0.15) is 0 Å². The molecule has 1 aliphatic heterocycles. The zero-order chi connectivity index (χ0) is 8.97. The van der Waals surface area contributed by atoms with Gasteiger partial charge in [-0.25, -0.2) is 0 Å². The summed E-state index contributed by atoms with van der Waals surface area (Å²) in [5.74, 6) is 0.845. The van der Waals surface area contributed by atoms with Crippen molar-refractivity contribution in [1.82, 2.24) is 4.67 Å². The highest BCUT2D eigenvalue weighted by molar-refractivity contribution is 7.13. The molecule has 0 aromatic rings. The molecule has 0 radical (unpaired) electrons. The Balaban J connectivity index is 2.29. The minimum absolute atomic E-state index is 0.363. The molecule has 0 saturated carbocycles. The molecule has 1 atom stereocenters. The van der Waals surface area contributed by atoms with Crippen LogP contribution in [0.2, 0.25) is 0 Å². The maximum absolute atomic E-state index is 7.60. The molecule has 0 spiro atoms. The van der Waals surface area contributed by atoms with Gasteiger partial charge in [-0.1, -0.05) is 9.39 Å². The molecule has 12 heavy (non-hydrogen) atoms. The monoisotopic (exact) mass is 188 g/mol. The summed E-state index contributed by atoms with van der Waals surface area (Å²) in [6, 6.07) is 0. The normalized spacial score (nSPS) is 20.8. The van der Waals surface area contributed by atoms with E-state index in [1.165, 1.54) is 0 Å². The van der Waals surface area contributed by atoms with Gasteiger partial charge in [0.2, 0.25) is 0 Å². The molecule has 1 heterocycles. The van der Waals surface area contributed by atoms with Crippen LogP contribution in [-0.4, -0.2) is 30.3 Å². The average Bonchev–Trinajstić information content (AvgIpc) is 2.06. The first-order chi connectivity index (χ1) is 5.74. The first kappa shape index (κ1) is 9.94. The molecular weight excluding hydrogens is 171 g/mol. The first-order valence-corrected chi connectivity index (χ1v) is 4.96. The molecule has 3 nitrogen and oxygen atoms in total. The molecule has 0 bridgehead atoms. The molecule has 1 saturated heterocycles. The fourth-order valence-corrected chi connectivity index (χ4v) is 1.73. The third kappa shape index (κ3) is 2.72. The van der Waals surface area contributed by atoms with E-state index in [0.29, 0.717) is 18.4 Å². The lowest BCUT2D eigenvalue weighted by Crippen LogP contribution is -2.31. The summed E-state index contributed by atoms with van der Waals surface area (Å²) in [5, 5.41) is 7.60. The quantitative estimate of drug-likeness (QED) is 0.405. The Morgan fingerprint density at radius 1 is 1.58 bits per heavy atom. The topological polar surface area (TPSA) is 36.3 Å². The fraction of sp³-hybridized carbons (Fsp3) is 0.875. The summed E-state index contributed by atoms with van der Waals surface area (Å²) in [6.45, 7) is 4.68. The summed E-state index contributed by atoms with van der Waals surface area (Å²) in [6.07, 6.45) is 2.12. The second-order valence-electron chi connectivity index (χ2n) is 3.11. The van der Waals surface area contributed by atoms with Crippen molar-refractivity contribution in [1.29, 1.82) is 5.41 Å². The fourth-order valence-electron chi connectivity index (χ4n) is 1.44. The van der Waals surface area contributed by atoms with E-state index in [1.54, 1.807) is 0 Å².